The highest BCUT2D eigenvalue weighted by atomic mass is 19.1. The molecular formula is C22H28FN3O2. The molecule has 1 aromatic carbocycles. The second kappa shape index (κ2) is 8.78. The quantitative estimate of drug-likeness (QED) is 0.772. The van der Waals surface area contributed by atoms with Crippen LogP contribution in [0.25, 0.3) is 0 Å². The normalized spacial score (nSPS) is 18.6. The van der Waals surface area contributed by atoms with Crippen LogP contribution in [0.2, 0.25) is 0 Å². The summed E-state index contributed by atoms with van der Waals surface area (Å²) in [5.74, 6) is 0.646. The Morgan fingerprint density at radius 3 is 2.57 bits per heavy atom. The molecule has 0 spiro atoms. The van der Waals surface area contributed by atoms with Crippen molar-refractivity contribution in [3.05, 3.63) is 59.8 Å². The third-order valence-corrected chi connectivity index (χ3v) is 5.66. The minimum atomic E-state index is -0.256. The van der Waals surface area contributed by atoms with Gasteiger partial charge in [0, 0.05) is 19.1 Å². The summed E-state index contributed by atoms with van der Waals surface area (Å²) in [7, 11) is 0. The SMILES string of the molecule is O=C(NCC(c1ccco1)N1CCCCC1)N(Cc1ccc(F)cc1)C1CC1. The molecule has 1 saturated carbocycles. The molecule has 2 heterocycles. The van der Waals surface area contributed by atoms with Crippen LogP contribution in [0.5, 0.6) is 0 Å². The molecule has 0 bridgehead atoms. The van der Waals surface area contributed by atoms with Gasteiger partial charge in [0.1, 0.15) is 11.6 Å². The summed E-state index contributed by atoms with van der Waals surface area (Å²) in [4.78, 5) is 17.2. The molecule has 2 aromatic rings. The van der Waals surface area contributed by atoms with Gasteiger partial charge in [0.2, 0.25) is 0 Å². The maximum atomic E-state index is 13.2. The fraction of sp³-hybridized carbons (Fsp3) is 0.500. The zero-order valence-corrected chi connectivity index (χ0v) is 16.1. The number of halogens is 1. The molecule has 4 rings (SSSR count). The van der Waals surface area contributed by atoms with Crippen LogP contribution in [-0.2, 0) is 6.54 Å². The third-order valence-electron chi connectivity index (χ3n) is 5.66. The molecule has 28 heavy (non-hydrogen) atoms. The summed E-state index contributed by atoms with van der Waals surface area (Å²) in [6, 6.07) is 10.6. The molecule has 2 fully saturated rings. The van der Waals surface area contributed by atoms with Crippen LogP contribution >= 0.6 is 0 Å². The number of benzene rings is 1. The first-order valence-electron chi connectivity index (χ1n) is 10.3. The minimum absolute atomic E-state index is 0.0552. The van der Waals surface area contributed by atoms with E-state index in [-0.39, 0.29) is 23.9 Å². The lowest BCUT2D eigenvalue weighted by Crippen LogP contribution is -2.45. The van der Waals surface area contributed by atoms with Crippen LogP contribution < -0.4 is 5.32 Å². The number of carbonyl (C=O) groups is 1. The van der Waals surface area contributed by atoms with Crippen LogP contribution in [0.1, 0.15) is 49.5 Å². The van der Waals surface area contributed by atoms with E-state index >= 15 is 0 Å². The van der Waals surface area contributed by atoms with Crippen LogP contribution in [0, 0.1) is 5.82 Å². The lowest BCUT2D eigenvalue weighted by molar-refractivity contribution is 0.138. The second-order valence-corrected chi connectivity index (χ2v) is 7.80. The zero-order valence-electron chi connectivity index (χ0n) is 16.1. The Kier molecular flexibility index (Phi) is 5.95. The molecular weight excluding hydrogens is 357 g/mol. The van der Waals surface area contributed by atoms with Crippen LogP contribution in [0.4, 0.5) is 9.18 Å². The van der Waals surface area contributed by atoms with Gasteiger partial charge < -0.3 is 14.6 Å². The highest BCUT2D eigenvalue weighted by Gasteiger charge is 2.33. The highest BCUT2D eigenvalue weighted by Crippen LogP contribution is 2.29. The summed E-state index contributed by atoms with van der Waals surface area (Å²) < 4.78 is 18.8. The van der Waals surface area contributed by atoms with Gasteiger partial charge in [-0.3, -0.25) is 4.90 Å². The monoisotopic (exact) mass is 385 g/mol. The van der Waals surface area contributed by atoms with Gasteiger partial charge in [0.05, 0.1) is 12.3 Å². The number of hydrogen-bond donors (Lipinski definition) is 1. The van der Waals surface area contributed by atoms with Crippen molar-refractivity contribution < 1.29 is 13.6 Å². The van der Waals surface area contributed by atoms with Crippen molar-refractivity contribution in [3.63, 3.8) is 0 Å². The third kappa shape index (κ3) is 4.73. The number of nitrogens with zero attached hydrogens (tertiary/aromatic N) is 2. The number of amides is 2. The number of carbonyl (C=O) groups excluding carboxylic acids is 1. The molecule has 1 unspecified atom stereocenters. The number of nitrogens with one attached hydrogen (secondary N) is 1. The number of furan rings is 1. The summed E-state index contributed by atoms with van der Waals surface area (Å²) in [6.45, 7) is 3.09. The van der Waals surface area contributed by atoms with E-state index < -0.39 is 0 Å². The van der Waals surface area contributed by atoms with Gasteiger partial charge >= 0.3 is 6.03 Å². The van der Waals surface area contributed by atoms with Gasteiger partial charge in [-0.2, -0.15) is 0 Å². The van der Waals surface area contributed by atoms with E-state index in [4.69, 9.17) is 4.42 Å². The Balaban J connectivity index is 1.40. The first-order valence-corrected chi connectivity index (χ1v) is 10.3. The minimum Gasteiger partial charge on any atom is -0.468 e. The van der Waals surface area contributed by atoms with E-state index in [0.717, 1.165) is 37.3 Å². The van der Waals surface area contributed by atoms with Crippen molar-refractivity contribution in [3.8, 4) is 0 Å². The summed E-state index contributed by atoms with van der Waals surface area (Å²) >= 11 is 0. The predicted octanol–water partition coefficient (Wildman–Crippen LogP) is 4.32. The average molecular weight is 385 g/mol. The maximum Gasteiger partial charge on any atom is 0.318 e. The smallest absolute Gasteiger partial charge is 0.318 e. The van der Waals surface area contributed by atoms with Crippen LogP contribution in [0.15, 0.2) is 47.1 Å². The van der Waals surface area contributed by atoms with Crippen molar-refractivity contribution in [2.75, 3.05) is 19.6 Å². The molecule has 1 atom stereocenters. The van der Waals surface area contributed by atoms with E-state index in [1.807, 2.05) is 17.0 Å². The number of piperidine rings is 1. The molecule has 5 nitrogen and oxygen atoms in total. The van der Waals surface area contributed by atoms with Crippen molar-refractivity contribution in [2.45, 2.75) is 50.7 Å². The van der Waals surface area contributed by atoms with E-state index in [2.05, 4.69) is 10.2 Å². The first kappa shape index (κ1) is 19.0. The zero-order chi connectivity index (χ0) is 19.3. The van der Waals surface area contributed by atoms with Crippen molar-refractivity contribution >= 4 is 6.03 Å². The number of likely N-dealkylation sites (tertiary alicyclic amines) is 1. The fourth-order valence-corrected chi connectivity index (χ4v) is 3.95. The molecule has 2 amide bonds. The van der Waals surface area contributed by atoms with Gasteiger partial charge in [-0.1, -0.05) is 18.6 Å². The fourth-order valence-electron chi connectivity index (χ4n) is 3.95. The number of urea groups is 1. The van der Waals surface area contributed by atoms with Crippen LogP contribution in [0.3, 0.4) is 0 Å². The molecule has 2 aliphatic rings. The van der Waals surface area contributed by atoms with Gasteiger partial charge in [-0.05, 0) is 68.6 Å². The topological polar surface area (TPSA) is 48.7 Å². The van der Waals surface area contributed by atoms with E-state index in [0.29, 0.717) is 13.1 Å². The molecule has 1 aliphatic heterocycles. The van der Waals surface area contributed by atoms with E-state index in [1.165, 1.54) is 31.4 Å². The molecule has 1 aliphatic carbocycles. The van der Waals surface area contributed by atoms with E-state index in [9.17, 15) is 9.18 Å². The highest BCUT2D eigenvalue weighted by molar-refractivity contribution is 5.75. The summed E-state index contributed by atoms with van der Waals surface area (Å²) in [6.07, 6.45) is 7.39. The maximum absolute atomic E-state index is 13.2. The second-order valence-electron chi connectivity index (χ2n) is 7.80. The van der Waals surface area contributed by atoms with Crippen molar-refractivity contribution in [2.24, 2.45) is 0 Å². The Hall–Kier alpha value is -2.34. The predicted molar refractivity (Wildman–Crippen MR) is 105 cm³/mol. The number of hydrogen-bond acceptors (Lipinski definition) is 3. The van der Waals surface area contributed by atoms with Gasteiger partial charge in [-0.15, -0.1) is 0 Å². The Labute approximate surface area is 165 Å². The standard InChI is InChI=1S/C22H28FN3O2/c23-18-8-6-17(7-9-18)16-26(19-10-11-19)22(27)24-15-20(21-5-4-14-28-21)25-12-2-1-3-13-25/h4-9,14,19-20H,1-3,10-13,15-16H2,(H,24,27). The van der Waals surface area contributed by atoms with Gasteiger partial charge in [-0.25, -0.2) is 9.18 Å². The van der Waals surface area contributed by atoms with E-state index in [1.54, 1.807) is 18.4 Å². The average Bonchev–Trinajstić information content (AvgIpc) is 3.42. The van der Waals surface area contributed by atoms with Crippen molar-refractivity contribution in [1.82, 2.24) is 15.1 Å². The largest absolute Gasteiger partial charge is 0.468 e. The number of rotatable bonds is 7. The molecule has 0 radical (unpaired) electrons. The summed E-state index contributed by atoms with van der Waals surface area (Å²) in [5.41, 5.74) is 0.946. The Bertz CT molecular complexity index is 753. The molecule has 1 N–H and O–H groups in total. The Morgan fingerprint density at radius 1 is 1.18 bits per heavy atom. The lowest BCUT2D eigenvalue weighted by Gasteiger charge is -2.34. The molecule has 1 aromatic heterocycles. The molecule has 1 saturated heterocycles. The molecule has 6 heteroatoms. The molecule has 150 valence electrons. The van der Waals surface area contributed by atoms with Crippen LogP contribution in [-0.4, -0.2) is 41.5 Å². The first-order chi connectivity index (χ1) is 13.7. The summed E-state index contributed by atoms with van der Waals surface area (Å²) in [5, 5.41) is 3.13. The van der Waals surface area contributed by atoms with Crippen molar-refractivity contribution in [1.29, 1.82) is 0 Å². The van der Waals surface area contributed by atoms with Gasteiger partial charge in [0.25, 0.3) is 0 Å². The Morgan fingerprint density at radius 2 is 1.93 bits per heavy atom. The lowest BCUT2D eigenvalue weighted by atomic mass is 10.1. The van der Waals surface area contributed by atoms with Gasteiger partial charge in [0.15, 0.2) is 0 Å².